The summed E-state index contributed by atoms with van der Waals surface area (Å²) in [5.41, 5.74) is 0.694. The van der Waals surface area contributed by atoms with Crippen LogP contribution in [0.5, 0.6) is 0 Å². The lowest BCUT2D eigenvalue weighted by Gasteiger charge is -2.35. The molecule has 0 aliphatic carbocycles. The van der Waals surface area contributed by atoms with Gasteiger partial charge in [0.05, 0.1) is 17.0 Å². The number of nitrogens with one attached hydrogen (secondary N) is 3. The first-order chi connectivity index (χ1) is 14.4. The first kappa shape index (κ1) is 19.8. The number of para-hydroxylation sites is 1. The molecule has 0 bridgehead atoms. The van der Waals surface area contributed by atoms with E-state index < -0.39 is 12.2 Å². The second kappa shape index (κ2) is 7.75. The van der Waals surface area contributed by atoms with Gasteiger partial charge in [-0.05, 0) is 32.4 Å². The molecule has 2 amide bonds. The first-order valence-corrected chi connectivity index (χ1v) is 9.84. The van der Waals surface area contributed by atoms with Crippen LogP contribution >= 0.6 is 0 Å². The maximum absolute atomic E-state index is 12.8. The van der Waals surface area contributed by atoms with E-state index in [0.29, 0.717) is 22.5 Å². The molecule has 1 aliphatic heterocycles. The minimum absolute atomic E-state index is 0.0553. The van der Waals surface area contributed by atoms with Gasteiger partial charge in [-0.1, -0.05) is 19.1 Å². The predicted molar refractivity (Wildman–Crippen MR) is 111 cm³/mol. The smallest absolute Gasteiger partial charge is 0.292 e. The molecule has 9 nitrogen and oxygen atoms in total. The molecule has 1 aromatic carbocycles. The molecule has 30 heavy (non-hydrogen) atoms. The average molecular weight is 409 g/mol. The highest BCUT2D eigenvalue weighted by molar-refractivity contribution is 6.02. The zero-order valence-electron chi connectivity index (χ0n) is 16.9. The van der Waals surface area contributed by atoms with Gasteiger partial charge >= 0.3 is 0 Å². The van der Waals surface area contributed by atoms with Crippen molar-refractivity contribution in [2.45, 2.75) is 39.5 Å². The maximum atomic E-state index is 12.8. The normalized spacial score (nSPS) is 21.4. The molecule has 0 spiro atoms. The molecule has 4 rings (SSSR count). The number of fused-ring (bicyclic) bond motifs is 1. The van der Waals surface area contributed by atoms with Gasteiger partial charge in [-0.25, -0.2) is 4.68 Å². The number of rotatable bonds is 4. The quantitative estimate of drug-likeness (QED) is 0.608. The number of hydrogen-bond donors (Lipinski definition) is 3. The summed E-state index contributed by atoms with van der Waals surface area (Å²) >= 11 is 0. The van der Waals surface area contributed by atoms with Crippen molar-refractivity contribution in [3.63, 3.8) is 0 Å². The molecule has 3 atom stereocenters. The van der Waals surface area contributed by atoms with Crippen LogP contribution in [0.3, 0.4) is 0 Å². The largest absolute Gasteiger partial charge is 0.451 e. The minimum Gasteiger partial charge on any atom is -0.451 e. The van der Waals surface area contributed by atoms with Crippen molar-refractivity contribution in [3.8, 4) is 0 Å². The van der Waals surface area contributed by atoms with E-state index in [-0.39, 0.29) is 29.1 Å². The summed E-state index contributed by atoms with van der Waals surface area (Å²) in [6.07, 6.45) is 0.109. The monoisotopic (exact) mass is 409 g/mol. The lowest BCUT2D eigenvalue weighted by molar-refractivity contribution is -0.130. The fourth-order valence-electron chi connectivity index (χ4n) is 3.75. The number of nitrogens with zero attached hydrogens (tertiary/aromatic N) is 2. The Kier molecular flexibility index (Phi) is 5.13. The number of aromatic nitrogens is 2. The predicted octanol–water partition coefficient (Wildman–Crippen LogP) is 2.14. The third-order valence-corrected chi connectivity index (χ3v) is 5.28. The van der Waals surface area contributed by atoms with Crippen molar-refractivity contribution in [1.82, 2.24) is 20.4 Å². The van der Waals surface area contributed by atoms with Crippen molar-refractivity contribution in [2.75, 3.05) is 5.32 Å². The summed E-state index contributed by atoms with van der Waals surface area (Å²) in [5, 5.41) is 13.7. The molecule has 3 unspecified atom stereocenters. The summed E-state index contributed by atoms with van der Waals surface area (Å²) in [6.45, 7) is 5.69. The van der Waals surface area contributed by atoms with E-state index in [0.717, 1.165) is 6.42 Å². The molecule has 0 saturated carbocycles. The van der Waals surface area contributed by atoms with Crippen LogP contribution in [-0.2, 0) is 4.79 Å². The van der Waals surface area contributed by atoms with Gasteiger partial charge in [0.15, 0.2) is 17.5 Å². The van der Waals surface area contributed by atoms with Gasteiger partial charge in [-0.2, -0.15) is 5.10 Å². The van der Waals surface area contributed by atoms with Gasteiger partial charge in [0.2, 0.25) is 5.91 Å². The Morgan fingerprint density at radius 2 is 2.03 bits per heavy atom. The maximum Gasteiger partial charge on any atom is 0.292 e. The van der Waals surface area contributed by atoms with Crippen LogP contribution in [0.4, 0.5) is 5.82 Å². The minimum atomic E-state index is -0.608. The van der Waals surface area contributed by atoms with E-state index in [2.05, 4.69) is 21.0 Å². The van der Waals surface area contributed by atoms with Crippen LogP contribution in [0.25, 0.3) is 11.0 Å². The zero-order chi connectivity index (χ0) is 21.4. The van der Waals surface area contributed by atoms with E-state index in [9.17, 15) is 14.4 Å². The third-order valence-electron chi connectivity index (χ3n) is 5.28. The topological polar surface area (TPSA) is 118 Å². The molecule has 1 saturated heterocycles. The number of amides is 2. The molecule has 3 aromatic rings. The molecule has 0 radical (unpaired) electrons. The van der Waals surface area contributed by atoms with Gasteiger partial charge in [0.1, 0.15) is 11.4 Å². The number of anilines is 1. The second-order valence-electron chi connectivity index (χ2n) is 7.42. The highest BCUT2D eigenvalue weighted by atomic mass is 16.3. The van der Waals surface area contributed by atoms with Crippen molar-refractivity contribution in [1.29, 1.82) is 0 Å². The molecular weight excluding hydrogens is 386 g/mol. The zero-order valence-corrected chi connectivity index (χ0v) is 16.9. The lowest BCUT2D eigenvalue weighted by Crippen LogP contribution is -2.57. The van der Waals surface area contributed by atoms with Gasteiger partial charge in [-0.15, -0.1) is 0 Å². The molecule has 3 N–H and O–H groups in total. The van der Waals surface area contributed by atoms with E-state index in [1.807, 2.05) is 13.8 Å². The van der Waals surface area contributed by atoms with Crippen LogP contribution in [-0.4, -0.2) is 27.6 Å². The number of carbonyl (C=O) groups is 2. The summed E-state index contributed by atoms with van der Waals surface area (Å²) in [7, 11) is 0. The fourth-order valence-corrected chi connectivity index (χ4v) is 3.75. The number of benzene rings is 1. The van der Waals surface area contributed by atoms with E-state index in [1.165, 1.54) is 10.7 Å². The van der Waals surface area contributed by atoms with Crippen LogP contribution in [0.15, 0.2) is 45.6 Å². The highest BCUT2D eigenvalue weighted by Gasteiger charge is 2.34. The van der Waals surface area contributed by atoms with Crippen molar-refractivity contribution < 1.29 is 14.0 Å². The highest BCUT2D eigenvalue weighted by Crippen LogP contribution is 2.22. The summed E-state index contributed by atoms with van der Waals surface area (Å²) in [5.74, 6) is -0.527. The Morgan fingerprint density at radius 3 is 2.77 bits per heavy atom. The third kappa shape index (κ3) is 3.59. The van der Waals surface area contributed by atoms with Crippen molar-refractivity contribution in [3.05, 3.63) is 58.1 Å². The Balaban J connectivity index is 1.61. The molecule has 156 valence electrons. The Morgan fingerprint density at radius 1 is 1.27 bits per heavy atom. The lowest BCUT2D eigenvalue weighted by atomic mass is 9.95. The Bertz CT molecular complexity index is 1180. The van der Waals surface area contributed by atoms with Crippen molar-refractivity contribution in [2.24, 2.45) is 5.92 Å². The standard InChI is InChI=1S/C21H23N5O4/c1-4-13-12(3)22-21(24-19(13)28)26-18(9-11(2)25-26)23-20(29)17-10-15(27)14-7-5-6-8-16(14)30-17/h5-10,12-13,21-22H,4H2,1-3H3,(H,23,29)(H,24,28). The van der Waals surface area contributed by atoms with Crippen LogP contribution in [0.1, 0.15) is 42.8 Å². The summed E-state index contributed by atoms with van der Waals surface area (Å²) in [4.78, 5) is 37.5. The second-order valence-corrected chi connectivity index (χ2v) is 7.42. The van der Waals surface area contributed by atoms with E-state index >= 15 is 0 Å². The average Bonchev–Trinajstić information content (AvgIpc) is 3.07. The summed E-state index contributed by atoms with van der Waals surface area (Å²) in [6, 6.07) is 9.53. The van der Waals surface area contributed by atoms with Crippen LogP contribution in [0.2, 0.25) is 0 Å². The number of aryl methyl sites for hydroxylation is 1. The van der Waals surface area contributed by atoms with Gasteiger partial charge in [0.25, 0.3) is 5.91 Å². The Hall–Kier alpha value is -3.46. The van der Waals surface area contributed by atoms with Gasteiger partial charge in [0, 0.05) is 18.2 Å². The summed E-state index contributed by atoms with van der Waals surface area (Å²) < 4.78 is 7.11. The molecule has 1 aliphatic rings. The molecule has 3 heterocycles. The number of carbonyl (C=O) groups excluding carboxylic acids is 2. The molecule has 2 aromatic heterocycles. The van der Waals surface area contributed by atoms with E-state index in [1.54, 1.807) is 37.3 Å². The fraction of sp³-hybridized carbons (Fsp3) is 0.333. The number of hydrogen-bond acceptors (Lipinski definition) is 6. The molecule has 1 fully saturated rings. The van der Waals surface area contributed by atoms with E-state index in [4.69, 9.17) is 4.42 Å². The van der Waals surface area contributed by atoms with Crippen LogP contribution < -0.4 is 21.4 Å². The van der Waals surface area contributed by atoms with Gasteiger partial charge < -0.3 is 15.1 Å². The van der Waals surface area contributed by atoms with Gasteiger partial charge in [-0.3, -0.25) is 19.7 Å². The molecule has 9 heteroatoms. The Labute approximate surface area is 172 Å². The SMILES string of the molecule is CCC1C(=O)NC(n2nc(C)cc2NC(=O)c2cc(=O)c3ccccc3o2)NC1C. The van der Waals surface area contributed by atoms with Crippen molar-refractivity contribution >= 4 is 28.6 Å². The first-order valence-electron chi connectivity index (χ1n) is 9.84. The van der Waals surface area contributed by atoms with Crippen LogP contribution in [0, 0.1) is 12.8 Å². The molecular formula is C21H23N5O4.